The second kappa shape index (κ2) is 6.06. The Morgan fingerprint density at radius 3 is 1.50 bits per heavy atom. The van der Waals surface area contributed by atoms with Crippen molar-refractivity contribution >= 4 is 12.3 Å². The first-order chi connectivity index (χ1) is 6.43. The lowest BCUT2D eigenvalue weighted by Crippen LogP contribution is -2.21. The average molecular weight is 206 g/mol. The van der Waals surface area contributed by atoms with Crippen molar-refractivity contribution in [2.75, 3.05) is 13.2 Å². The smallest absolute Gasteiger partial charge is 0.450 e. The Labute approximate surface area is 81.4 Å². The molecule has 0 spiro atoms. The molecule has 0 saturated carbocycles. The molecule has 0 aliphatic rings. The molecule has 2 N–H and O–H groups in total. The Morgan fingerprint density at radius 1 is 1.00 bits per heavy atom. The fraction of sp³-hybridized carbons (Fsp3) is 0.750. The van der Waals surface area contributed by atoms with Gasteiger partial charge < -0.3 is 19.7 Å². The number of carbonyl (C=O) groups is 2. The minimum atomic E-state index is -1.33. The van der Waals surface area contributed by atoms with Gasteiger partial charge in [-0.05, 0) is 11.8 Å². The molecule has 14 heavy (non-hydrogen) atoms. The van der Waals surface area contributed by atoms with Crippen molar-refractivity contribution in [3.05, 3.63) is 0 Å². The zero-order valence-corrected chi connectivity index (χ0v) is 8.10. The van der Waals surface area contributed by atoms with E-state index in [2.05, 4.69) is 9.47 Å². The summed E-state index contributed by atoms with van der Waals surface area (Å²) in [5, 5.41) is 16.4. The molecule has 0 aromatic rings. The van der Waals surface area contributed by atoms with Crippen LogP contribution in [0.4, 0.5) is 9.59 Å². The van der Waals surface area contributed by atoms with Crippen LogP contribution in [0.2, 0.25) is 0 Å². The summed E-state index contributed by atoms with van der Waals surface area (Å²) in [6, 6.07) is 0. The van der Waals surface area contributed by atoms with Crippen molar-refractivity contribution in [3.63, 3.8) is 0 Å². The first-order valence-electron chi connectivity index (χ1n) is 4.15. The molecule has 0 fully saturated rings. The van der Waals surface area contributed by atoms with E-state index in [9.17, 15) is 9.59 Å². The summed E-state index contributed by atoms with van der Waals surface area (Å²) in [4.78, 5) is 20.1. The number of ether oxygens (including phenoxy) is 2. The lowest BCUT2D eigenvalue weighted by molar-refractivity contribution is 0.0450. The Balaban J connectivity index is 3.69. The molecule has 0 aliphatic heterocycles. The molecule has 82 valence electrons. The summed E-state index contributed by atoms with van der Waals surface area (Å²) in [5.41, 5.74) is 0. The van der Waals surface area contributed by atoms with E-state index >= 15 is 0 Å². The summed E-state index contributed by atoms with van der Waals surface area (Å²) >= 11 is 0. The lowest BCUT2D eigenvalue weighted by Gasteiger charge is -2.17. The molecule has 0 aromatic heterocycles. The van der Waals surface area contributed by atoms with Crippen molar-refractivity contribution in [1.82, 2.24) is 0 Å². The zero-order chi connectivity index (χ0) is 11.1. The van der Waals surface area contributed by atoms with Gasteiger partial charge in [-0.25, -0.2) is 9.59 Å². The van der Waals surface area contributed by atoms with Crippen LogP contribution in [-0.2, 0) is 9.47 Å². The van der Waals surface area contributed by atoms with Crippen LogP contribution < -0.4 is 0 Å². The molecule has 2 atom stereocenters. The Kier molecular flexibility index (Phi) is 5.43. The van der Waals surface area contributed by atoms with Gasteiger partial charge in [0.1, 0.15) is 0 Å². The lowest BCUT2D eigenvalue weighted by atomic mass is 9.98. The summed E-state index contributed by atoms with van der Waals surface area (Å²) < 4.78 is 8.69. The van der Waals surface area contributed by atoms with Crippen LogP contribution in [0.3, 0.4) is 0 Å². The molecule has 0 aromatic carbocycles. The molecule has 6 heteroatoms. The molecule has 0 radical (unpaired) electrons. The highest BCUT2D eigenvalue weighted by molar-refractivity contribution is 5.57. The van der Waals surface area contributed by atoms with E-state index in [0.717, 1.165) is 0 Å². The molecule has 0 aliphatic carbocycles. The van der Waals surface area contributed by atoms with E-state index in [1.165, 1.54) is 0 Å². The highest BCUT2D eigenvalue weighted by atomic mass is 16.7. The molecule has 0 amide bonds. The van der Waals surface area contributed by atoms with E-state index in [1.807, 2.05) is 0 Å². The number of carboxylic acid groups (broad SMARTS) is 2. The summed E-state index contributed by atoms with van der Waals surface area (Å²) in [5.74, 6) is -0.157. The van der Waals surface area contributed by atoms with Gasteiger partial charge in [-0.3, -0.25) is 0 Å². The van der Waals surface area contributed by atoms with E-state index in [0.29, 0.717) is 0 Å². The highest BCUT2D eigenvalue weighted by Gasteiger charge is 2.15. The molecular weight excluding hydrogens is 192 g/mol. The van der Waals surface area contributed by atoms with Crippen molar-refractivity contribution in [3.8, 4) is 0 Å². The van der Waals surface area contributed by atoms with Crippen LogP contribution in [0.15, 0.2) is 0 Å². The minimum Gasteiger partial charge on any atom is -0.450 e. The summed E-state index contributed by atoms with van der Waals surface area (Å²) in [7, 11) is 0. The van der Waals surface area contributed by atoms with Crippen molar-refractivity contribution in [2.24, 2.45) is 11.8 Å². The van der Waals surface area contributed by atoms with Gasteiger partial charge in [0.15, 0.2) is 0 Å². The number of hydrogen-bond donors (Lipinski definition) is 2. The van der Waals surface area contributed by atoms with Gasteiger partial charge in [-0.1, -0.05) is 13.8 Å². The normalized spacial score (nSPS) is 14.1. The topological polar surface area (TPSA) is 93.1 Å². The van der Waals surface area contributed by atoms with Gasteiger partial charge in [0.25, 0.3) is 0 Å². The minimum absolute atomic E-state index is 0.0411. The summed E-state index contributed by atoms with van der Waals surface area (Å²) in [6.07, 6.45) is -2.66. The number of rotatable bonds is 5. The molecule has 0 bridgehead atoms. The maximum absolute atomic E-state index is 10.0. The van der Waals surface area contributed by atoms with Gasteiger partial charge in [0.05, 0.1) is 13.2 Å². The van der Waals surface area contributed by atoms with E-state index in [4.69, 9.17) is 10.2 Å². The van der Waals surface area contributed by atoms with Crippen LogP contribution in [0.5, 0.6) is 0 Å². The first-order valence-corrected chi connectivity index (χ1v) is 4.15. The molecule has 0 heterocycles. The van der Waals surface area contributed by atoms with Crippen molar-refractivity contribution in [1.29, 1.82) is 0 Å². The van der Waals surface area contributed by atoms with Gasteiger partial charge in [0.2, 0.25) is 0 Å². The van der Waals surface area contributed by atoms with Crippen LogP contribution in [-0.4, -0.2) is 35.7 Å². The third kappa shape index (κ3) is 6.10. The fourth-order valence-electron chi connectivity index (χ4n) is 0.734. The quantitative estimate of drug-likeness (QED) is 0.664. The van der Waals surface area contributed by atoms with E-state index < -0.39 is 12.3 Å². The summed E-state index contributed by atoms with van der Waals surface area (Å²) in [6.45, 7) is 3.61. The fourth-order valence-corrected chi connectivity index (χ4v) is 0.734. The SMILES string of the molecule is CC(COC(=O)O)C(C)COC(=O)O. The molecule has 0 saturated heterocycles. The van der Waals surface area contributed by atoms with E-state index in [1.54, 1.807) is 13.8 Å². The Hall–Kier alpha value is -1.46. The predicted molar refractivity (Wildman–Crippen MR) is 46.3 cm³/mol. The van der Waals surface area contributed by atoms with Gasteiger partial charge in [-0.15, -0.1) is 0 Å². The van der Waals surface area contributed by atoms with Crippen LogP contribution in [0, 0.1) is 11.8 Å². The average Bonchev–Trinajstić information content (AvgIpc) is 2.09. The second-order valence-electron chi connectivity index (χ2n) is 3.11. The predicted octanol–water partition coefficient (Wildman–Crippen LogP) is 1.65. The largest absolute Gasteiger partial charge is 0.505 e. The molecule has 6 nitrogen and oxygen atoms in total. The van der Waals surface area contributed by atoms with Gasteiger partial charge in [-0.2, -0.15) is 0 Å². The molecular formula is C8H14O6. The Bertz CT molecular complexity index is 180. The van der Waals surface area contributed by atoms with Crippen LogP contribution in [0.25, 0.3) is 0 Å². The number of hydrogen-bond acceptors (Lipinski definition) is 4. The highest BCUT2D eigenvalue weighted by Crippen LogP contribution is 2.11. The Morgan fingerprint density at radius 2 is 1.29 bits per heavy atom. The monoisotopic (exact) mass is 206 g/mol. The van der Waals surface area contributed by atoms with Gasteiger partial charge >= 0.3 is 12.3 Å². The van der Waals surface area contributed by atoms with Crippen molar-refractivity contribution < 1.29 is 29.3 Å². The van der Waals surface area contributed by atoms with Gasteiger partial charge in [0, 0.05) is 0 Å². The van der Waals surface area contributed by atoms with E-state index in [-0.39, 0.29) is 25.0 Å². The van der Waals surface area contributed by atoms with Crippen molar-refractivity contribution in [2.45, 2.75) is 13.8 Å². The standard InChI is InChI=1S/C8H14O6/c1-5(3-13-7(9)10)6(2)4-14-8(11)12/h5-6H,3-4H2,1-2H3,(H,9,10)(H,11,12). The zero-order valence-electron chi connectivity index (χ0n) is 8.10. The van der Waals surface area contributed by atoms with Crippen LogP contribution >= 0.6 is 0 Å². The maximum atomic E-state index is 10.0. The molecule has 0 rings (SSSR count). The van der Waals surface area contributed by atoms with Crippen LogP contribution in [0.1, 0.15) is 13.8 Å². The third-order valence-electron chi connectivity index (χ3n) is 1.91. The third-order valence-corrected chi connectivity index (χ3v) is 1.91. The maximum Gasteiger partial charge on any atom is 0.505 e. The molecule has 2 unspecified atom stereocenters. The first kappa shape index (κ1) is 12.5. The second-order valence-corrected chi connectivity index (χ2v) is 3.11.